The first kappa shape index (κ1) is 8.75. The molecule has 0 aliphatic heterocycles. The molecule has 3 aromatic rings. The van der Waals surface area contributed by atoms with E-state index in [9.17, 15) is 0 Å². The highest BCUT2D eigenvalue weighted by Gasteiger charge is 2.04. The zero-order valence-electron chi connectivity index (χ0n) is 8.01. The Bertz CT molecular complexity index is 649. The molecule has 3 heteroatoms. The maximum atomic E-state index is 4.42. The van der Waals surface area contributed by atoms with Gasteiger partial charge in [0.1, 0.15) is 0 Å². The molecule has 0 saturated carbocycles. The van der Waals surface area contributed by atoms with E-state index in [4.69, 9.17) is 0 Å². The Kier molecular flexibility index (Phi) is 1.90. The van der Waals surface area contributed by atoms with Crippen molar-refractivity contribution in [2.75, 3.05) is 0 Å². The van der Waals surface area contributed by atoms with Crippen LogP contribution >= 0.6 is 9.24 Å². The van der Waals surface area contributed by atoms with Crippen LogP contribution in [0, 0.1) is 0 Å². The molecule has 2 aromatic heterocycles. The van der Waals surface area contributed by atoms with Crippen LogP contribution in [0.1, 0.15) is 0 Å². The van der Waals surface area contributed by atoms with Gasteiger partial charge in [0.25, 0.3) is 0 Å². The van der Waals surface area contributed by atoms with Crippen LogP contribution in [-0.4, -0.2) is 9.97 Å². The fourth-order valence-corrected chi connectivity index (χ4v) is 2.20. The quantitative estimate of drug-likeness (QED) is 0.422. The van der Waals surface area contributed by atoms with Gasteiger partial charge in [0, 0.05) is 23.2 Å². The summed E-state index contributed by atoms with van der Waals surface area (Å²) in [6, 6.07) is 10.1. The van der Waals surface area contributed by atoms with Crippen LogP contribution in [0.3, 0.4) is 0 Å². The second-order valence-corrected chi connectivity index (χ2v) is 4.06. The van der Waals surface area contributed by atoms with Crippen molar-refractivity contribution in [2.24, 2.45) is 0 Å². The number of rotatable bonds is 0. The summed E-state index contributed by atoms with van der Waals surface area (Å²) in [4.78, 5) is 8.76. The zero-order chi connectivity index (χ0) is 10.3. The van der Waals surface area contributed by atoms with Crippen molar-refractivity contribution in [2.45, 2.75) is 0 Å². The van der Waals surface area contributed by atoms with Gasteiger partial charge in [0.05, 0.1) is 11.0 Å². The predicted molar refractivity (Wildman–Crippen MR) is 66.4 cm³/mol. The Morgan fingerprint density at radius 1 is 0.933 bits per heavy atom. The molecule has 0 amide bonds. The Hall–Kier alpha value is -1.53. The van der Waals surface area contributed by atoms with E-state index < -0.39 is 0 Å². The second-order valence-electron chi connectivity index (χ2n) is 3.44. The third-order valence-corrected chi connectivity index (χ3v) is 2.98. The summed E-state index contributed by atoms with van der Waals surface area (Å²) in [5.74, 6) is 0. The maximum absolute atomic E-state index is 4.42. The summed E-state index contributed by atoms with van der Waals surface area (Å²) in [6.45, 7) is 0. The molecular formula is C12H9N2P. The van der Waals surface area contributed by atoms with E-state index in [0.717, 1.165) is 21.7 Å². The highest BCUT2D eigenvalue weighted by atomic mass is 31.0. The Labute approximate surface area is 89.6 Å². The van der Waals surface area contributed by atoms with Crippen molar-refractivity contribution < 1.29 is 0 Å². The normalized spacial score (nSPS) is 11.0. The van der Waals surface area contributed by atoms with Gasteiger partial charge in [0.15, 0.2) is 0 Å². The maximum Gasteiger partial charge on any atom is 0.0802 e. The summed E-state index contributed by atoms with van der Waals surface area (Å²) in [7, 11) is 2.74. The molecular weight excluding hydrogens is 203 g/mol. The van der Waals surface area contributed by atoms with E-state index in [1.54, 1.807) is 6.20 Å². The fourth-order valence-electron chi connectivity index (χ4n) is 1.81. The number of pyridine rings is 2. The molecule has 2 heterocycles. The molecule has 0 spiro atoms. The van der Waals surface area contributed by atoms with Crippen LogP contribution in [0.2, 0.25) is 0 Å². The molecule has 1 aromatic carbocycles. The van der Waals surface area contributed by atoms with Gasteiger partial charge in [-0.2, -0.15) is 0 Å². The van der Waals surface area contributed by atoms with Crippen LogP contribution in [0.4, 0.5) is 0 Å². The third-order valence-electron chi connectivity index (χ3n) is 2.50. The van der Waals surface area contributed by atoms with E-state index in [1.165, 1.54) is 5.39 Å². The highest BCUT2D eigenvalue weighted by Crippen LogP contribution is 2.21. The Balaban J connectivity index is 2.64. The van der Waals surface area contributed by atoms with Crippen molar-refractivity contribution >= 4 is 36.4 Å². The lowest BCUT2D eigenvalue weighted by Gasteiger charge is -2.04. The van der Waals surface area contributed by atoms with Gasteiger partial charge >= 0.3 is 0 Å². The first-order chi connectivity index (χ1) is 7.36. The van der Waals surface area contributed by atoms with Gasteiger partial charge in [-0.1, -0.05) is 6.07 Å². The first-order valence-corrected chi connectivity index (χ1v) is 5.32. The van der Waals surface area contributed by atoms with Crippen molar-refractivity contribution in [3.63, 3.8) is 0 Å². The number of hydrogen-bond acceptors (Lipinski definition) is 2. The van der Waals surface area contributed by atoms with E-state index in [-0.39, 0.29) is 0 Å². The Morgan fingerprint density at radius 2 is 1.67 bits per heavy atom. The molecule has 2 nitrogen and oxygen atoms in total. The molecule has 0 saturated heterocycles. The summed E-state index contributed by atoms with van der Waals surface area (Å²) < 4.78 is 0. The zero-order valence-corrected chi connectivity index (χ0v) is 9.17. The van der Waals surface area contributed by atoms with Gasteiger partial charge in [-0.25, -0.2) is 0 Å². The molecule has 1 unspecified atom stereocenters. The summed E-state index contributed by atoms with van der Waals surface area (Å²) in [6.07, 6.45) is 3.63. The minimum Gasteiger partial charge on any atom is -0.256 e. The minimum absolute atomic E-state index is 0.994. The molecule has 0 fully saturated rings. The van der Waals surface area contributed by atoms with Crippen molar-refractivity contribution in [1.82, 2.24) is 9.97 Å². The summed E-state index contributed by atoms with van der Waals surface area (Å²) in [5, 5.41) is 3.42. The number of fused-ring (bicyclic) bond motifs is 3. The van der Waals surface area contributed by atoms with Gasteiger partial charge in [0.2, 0.25) is 0 Å². The van der Waals surface area contributed by atoms with Gasteiger partial charge in [-0.3, -0.25) is 9.97 Å². The first-order valence-electron chi connectivity index (χ1n) is 4.74. The summed E-state index contributed by atoms with van der Waals surface area (Å²) >= 11 is 0. The van der Waals surface area contributed by atoms with E-state index in [1.807, 2.05) is 18.3 Å². The molecule has 0 aliphatic rings. The van der Waals surface area contributed by atoms with E-state index >= 15 is 0 Å². The molecule has 0 N–H and O–H groups in total. The van der Waals surface area contributed by atoms with Crippen molar-refractivity contribution in [3.8, 4) is 0 Å². The highest BCUT2D eigenvalue weighted by molar-refractivity contribution is 7.28. The fraction of sp³-hybridized carbons (Fsp3) is 0. The third kappa shape index (κ3) is 1.30. The average molecular weight is 212 g/mol. The van der Waals surface area contributed by atoms with Gasteiger partial charge in [-0.15, -0.1) is 9.24 Å². The van der Waals surface area contributed by atoms with Gasteiger partial charge in [-0.05, 0) is 29.6 Å². The Morgan fingerprint density at radius 3 is 2.53 bits per heavy atom. The average Bonchev–Trinajstić information content (AvgIpc) is 2.30. The molecule has 0 bridgehead atoms. The van der Waals surface area contributed by atoms with Crippen LogP contribution in [0.25, 0.3) is 21.8 Å². The largest absolute Gasteiger partial charge is 0.256 e. The number of hydrogen-bond donors (Lipinski definition) is 0. The van der Waals surface area contributed by atoms with Crippen LogP contribution in [-0.2, 0) is 0 Å². The molecule has 72 valence electrons. The van der Waals surface area contributed by atoms with Crippen LogP contribution < -0.4 is 5.30 Å². The lowest BCUT2D eigenvalue weighted by molar-refractivity contribution is 1.40. The van der Waals surface area contributed by atoms with Crippen LogP contribution in [0.15, 0.2) is 42.7 Å². The number of nitrogens with zero attached hydrogens (tertiary/aromatic N) is 2. The predicted octanol–water partition coefficient (Wildman–Crippen LogP) is 2.28. The summed E-state index contributed by atoms with van der Waals surface area (Å²) in [5.41, 5.74) is 2.02. The monoisotopic (exact) mass is 212 g/mol. The molecule has 0 aliphatic carbocycles. The minimum atomic E-state index is 0.994. The lowest BCUT2D eigenvalue weighted by atomic mass is 10.1. The number of aromatic nitrogens is 2. The molecule has 15 heavy (non-hydrogen) atoms. The lowest BCUT2D eigenvalue weighted by Crippen LogP contribution is -1.96. The number of benzene rings is 1. The van der Waals surface area contributed by atoms with Crippen LogP contribution in [0.5, 0.6) is 0 Å². The second kappa shape index (κ2) is 3.25. The molecule has 0 radical (unpaired) electrons. The SMILES string of the molecule is Pc1cc2ncccc2c2ncccc12. The van der Waals surface area contributed by atoms with Crippen molar-refractivity contribution in [3.05, 3.63) is 42.7 Å². The molecule has 1 atom stereocenters. The van der Waals surface area contributed by atoms with E-state index in [0.29, 0.717) is 0 Å². The van der Waals surface area contributed by atoms with Crippen molar-refractivity contribution in [1.29, 1.82) is 0 Å². The smallest absolute Gasteiger partial charge is 0.0802 e. The topological polar surface area (TPSA) is 25.8 Å². The standard InChI is InChI=1S/C12H9N2P/c15-11-7-10-8(3-1-5-13-10)12-9(11)4-2-6-14-12/h1-7H,15H2. The van der Waals surface area contributed by atoms with Gasteiger partial charge < -0.3 is 0 Å². The van der Waals surface area contributed by atoms with E-state index in [2.05, 4.69) is 37.4 Å². The molecule has 3 rings (SSSR count).